The molecule has 3 aromatic carbocycles. The SMILES string of the molecule is Cc1cccc(C)c1NC(=O)c1cnc(Nc2ccc(OCCCN3CCCCC3)c(F)c2)nc1Oc1ccc(C(=O)NC2CCCC2)cc1Cl. The second-order valence-corrected chi connectivity index (χ2v) is 13.6. The number of hydrogen-bond acceptors (Lipinski definition) is 8. The normalized spacial score (nSPS) is 15.0. The molecule has 12 heteroatoms. The van der Waals surface area contributed by atoms with Gasteiger partial charge in [0.2, 0.25) is 11.8 Å². The maximum Gasteiger partial charge on any atom is 0.262 e. The van der Waals surface area contributed by atoms with E-state index >= 15 is 4.39 Å². The third-order valence-electron chi connectivity index (χ3n) is 9.32. The Morgan fingerprint density at radius 3 is 2.41 bits per heavy atom. The van der Waals surface area contributed by atoms with Crippen LogP contribution in [0.2, 0.25) is 5.02 Å². The molecular formula is C39H44ClFN6O4. The van der Waals surface area contributed by atoms with Crippen LogP contribution in [-0.4, -0.2) is 59.0 Å². The number of anilines is 3. The van der Waals surface area contributed by atoms with Crippen LogP contribution < -0.4 is 25.4 Å². The number of halogens is 2. The first-order valence-corrected chi connectivity index (χ1v) is 18.1. The number of rotatable bonds is 13. The van der Waals surface area contributed by atoms with Crippen molar-refractivity contribution in [2.45, 2.75) is 71.3 Å². The monoisotopic (exact) mass is 714 g/mol. The molecule has 4 aromatic rings. The Labute approximate surface area is 303 Å². The number of nitrogens with one attached hydrogen (secondary N) is 3. The van der Waals surface area contributed by atoms with E-state index < -0.39 is 11.7 Å². The molecule has 1 aromatic heterocycles. The quantitative estimate of drug-likeness (QED) is 0.118. The zero-order chi connectivity index (χ0) is 35.7. The average Bonchev–Trinajstić information content (AvgIpc) is 3.63. The van der Waals surface area contributed by atoms with E-state index in [1.165, 1.54) is 37.6 Å². The Morgan fingerprint density at radius 2 is 1.69 bits per heavy atom. The van der Waals surface area contributed by atoms with Gasteiger partial charge in [-0.15, -0.1) is 0 Å². The highest BCUT2D eigenvalue weighted by molar-refractivity contribution is 6.32. The summed E-state index contributed by atoms with van der Waals surface area (Å²) >= 11 is 6.61. The van der Waals surface area contributed by atoms with Crippen molar-refractivity contribution in [1.82, 2.24) is 20.2 Å². The molecule has 1 saturated heterocycles. The molecule has 0 atom stereocenters. The minimum absolute atomic E-state index is 0.0433. The highest BCUT2D eigenvalue weighted by Crippen LogP contribution is 2.33. The highest BCUT2D eigenvalue weighted by atomic mass is 35.5. The van der Waals surface area contributed by atoms with Crippen LogP contribution in [0.1, 0.15) is 83.2 Å². The van der Waals surface area contributed by atoms with Gasteiger partial charge in [-0.3, -0.25) is 9.59 Å². The molecule has 0 spiro atoms. The number of aryl methyl sites for hydroxylation is 2. The molecular weight excluding hydrogens is 671 g/mol. The van der Waals surface area contributed by atoms with Gasteiger partial charge in [-0.25, -0.2) is 9.37 Å². The van der Waals surface area contributed by atoms with Crippen molar-refractivity contribution in [2.75, 3.05) is 36.9 Å². The summed E-state index contributed by atoms with van der Waals surface area (Å²) in [5, 5.41) is 9.16. The summed E-state index contributed by atoms with van der Waals surface area (Å²) in [5.74, 6) is -0.903. The maximum atomic E-state index is 15.1. The lowest BCUT2D eigenvalue weighted by Gasteiger charge is -2.26. The lowest BCUT2D eigenvalue weighted by molar-refractivity contribution is 0.0937. The summed E-state index contributed by atoms with van der Waals surface area (Å²) in [5.41, 5.74) is 3.25. The van der Waals surface area contributed by atoms with Crippen LogP contribution in [0.25, 0.3) is 0 Å². The van der Waals surface area contributed by atoms with Gasteiger partial charge in [0.1, 0.15) is 11.3 Å². The van der Waals surface area contributed by atoms with E-state index in [0.29, 0.717) is 23.5 Å². The van der Waals surface area contributed by atoms with E-state index in [-0.39, 0.29) is 45.9 Å². The summed E-state index contributed by atoms with van der Waals surface area (Å²) in [7, 11) is 0. The topological polar surface area (TPSA) is 118 Å². The van der Waals surface area contributed by atoms with Crippen molar-refractivity contribution in [3.8, 4) is 17.4 Å². The van der Waals surface area contributed by atoms with E-state index in [2.05, 4.69) is 30.8 Å². The second kappa shape index (κ2) is 17.0. The number of likely N-dealkylation sites (tertiary alicyclic amines) is 1. The van der Waals surface area contributed by atoms with Gasteiger partial charge in [0.05, 0.1) is 11.6 Å². The highest BCUT2D eigenvalue weighted by Gasteiger charge is 2.22. The fraction of sp³-hybridized carbons (Fsp3) is 0.385. The molecule has 1 aliphatic carbocycles. The molecule has 0 radical (unpaired) electrons. The van der Waals surface area contributed by atoms with E-state index in [0.717, 1.165) is 62.9 Å². The van der Waals surface area contributed by atoms with Crippen molar-refractivity contribution >= 4 is 40.7 Å². The third kappa shape index (κ3) is 9.53. The van der Waals surface area contributed by atoms with Crippen LogP contribution in [-0.2, 0) is 0 Å². The Balaban J connectivity index is 1.18. The number of benzene rings is 3. The Hall–Kier alpha value is -4.74. The number of carbonyl (C=O) groups excluding carboxylic acids is 2. The van der Waals surface area contributed by atoms with Gasteiger partial charge in [0.25, 0.3) is 11.8 Å². The molecule has 2 fully saturated rings. The van der Waals surface area contributed by atoms with Crippen molar-refractivity contribution < 1.29 is 23.5 Å². The van der Waals surface area contributed by atoms with Gasteiger partial charge in [-0.1, -0.05) is 49.1 Å². The molecule has 1 aliphatic heterocycles. The van der Waals surface area contributed by atoms with Crippen molar-refractivity contribution in [1.29, 1.82) is 0 Å². The minimum Gasteiger partial charge on any atom is -0.490 e. The van der Waals surface area contributed by atoms with Gasteiger partial charge >= 0.3 is 0 Å². The molecule has 3 N–H and O–H groups in total. The number of aromatic nitrogens is 2. The van der Waals surface area contributed by atoms with E-state index in [4.69, 9.17) is 21.1 Å². The second-order valence-electron chi connectivity index (χ2n) is 13.2. The molecule has 51 heavy (non-hydrogen) atoms. The predicted molar refractivity (Wildman–Crippen MR) is 197 cm³/mol. The van der Waals surface area contributed by atoms with Crippen LogP contribution in [0.3, 0.4) is 0 Å². The summed E-state index contributed by atoms with van der Waals surface area (Å²) in [4.78, 5) is 37.7. The fourth-order valence-corrected chi connectivity index (χ4v) is 6.72. The molecule has 268 valence electrons. The summed E-state index contributed by atoms with van der Waals surface area (Å²) < 4.78 is 26.9. The zero-order valence-electron chi connectivity index (χ0n) is 29.1. The van der Waals surface area contributed by atoms with Crippen LogP contribution in [0.5, 0.6) is 17.4 Å². The van der Waals surface area contributed by atoms with Crippen molar-refractivity contribution in [3.63, 3.8) is 0 Å². The molecule has 1 saturated carbocycles. The number of nitrogens with zero attached hydrogens (tertiary/aromatic N) is 3. The standard InChI is InChI=1S/C39H44ClFN6O4/c1-25-10-8-11-26(2)35(25)45-37(49)30-24-42-39(44-29-15-17-34(32(41)23-29)50-21-9-20-47-18-6-3-7-19-47)46-38(30)51-33-16-14-27(22-31(33)40)36(48)43-28-12-4-5-13-28/h8,10-11,14-17,22-24,28H,3-7,9,12-13,18-21H2,1-2H3,(H,43,48)(H,45,49)(H,42,44,46). The summed E-state index contributed by atoms with van der Waals surface area (Å²) in [6, 6.07) is 15.1. The first kappa shape index (κ1) is 36.1. The third-order valence-corrected chi connectivity index (χ3v) is 9.62. The number of hydrogen-bond donors (Lipinski definition) is 3. The Morgan fingerprint density at radius 1 is 0.941 bits per heavy atom. The van der Waals surface area contributed by atoms with Crippen LogP contribution in [0.15, 0.2) is 60.8 Å². The van der Waals surface area contributed by atoms with Crippen LogP contribution in [0, 0.1) is 19.7 Å². The van der Waals surface area contributed by atoms with Crippen molar-refractivity contribution in [3.05, 3.63) is 93.9 Å². The molecule has 10 nitrogen and oxygen atoms in total. The summed E-state index contributed by atoms with van der Waals surface area (Å²) in [6.45, 7) is 7.38. The molecule has 0 unspecified atom stereocenters. The largest absolute Gasteiger partial charge is 0.490 e. The van der Waals surface area contributed by atoms with Crippen molar-refractivity contribution in [2.24, 2.45) is 0 Å². The molecule has 0 bridgehead atoms. The van der Waals surface area contributed by atoms with E-state index in [9.17, 15) is 9.59 Å². The maximum absolute atomic E-state index is 15.1. The van der Waals surface area contributed by atoms with Gasteiger partial charge in [-0.2, -0.15) is 4.98 Å². The lowest BCUT2D eigenvalue weighted by atomic mass is 10.1. The van der Waals surface area contributed by atoms with Gasteiger partial charge in [0, 0.05) is 41.8 Å². The lowest BCUT2D eigenvalue weighted by Crippen LogP contribution is -2.32. The van der Waals surface area contributed by atoms with E-state index in [1.807, 2.05) is 32.0 Å². The first-order valence-electron chi connectivity index (χ1n) is 17.7. The number of para-hydroxylation sites is 1. The average molecular weight is 715 g/mol. The number of ether oxygens (including phenoxy) is 2. The number of amides is 2. The minimum atomic E-state index is -0.525. The van der Waals surface area contributed by atoms with Crippen LogP contribution in [0.4, 0.5) is 21.7 Å². The molecule has 2 amide bonds. The van der Waals surface area contributed by atoms with Gasteiger partial charge in [-0.05, 0) is 100 Å². The van der Waals surface area contributed by atoms with Crippen LogP contribution >= 0.6 is 11.6 Å². The molecule has 2 aliphatic rings. The molecule has 6 rings (SSSR count). The first-order chi connectivity index (χ1) is 24.7. The fourth-order valence-electron chi connectivity index (χ4n) is 6.50. The zero-order valence-corrected chi connectivity index (χ0v) is 29.8. The summed E-state index contributed by atoms with van der Waals surface area (Å²) in [6.07, 6.45) is 10.0. The Kier molecular flexibility index (Phi) is 12.0. The number of carbonyl (C=O) groups is 2. The van der Waals surface area contributed by atoms with Gasteiger partial charge in [0.15, 0.2) is 11.6 Å². The molecule has 2 heterocycles. The smallest absolute Gasteiger partial charge is 0.262 e. The Bertz CT molecular complexity index is 1840. The number of piperidine rings is 1. The predicted octanol–water partition coefficient (Wildman–Crippen LogP) is 8.60. The van der Waals surface area contributed by atoms with Gasteiger partial charge < -0.3 is 30.3 Å². The van der Waals surface area contributed by atoms with E-state index in [1.54, 1.807) is 24.3 Å².